The van der Waals surface area contributed by atoms with Gasteiger partial charge in [-0.25, -0.2) is 4.39 Å². The predicted molar refractivity (Wildman–Crippen MR) is 82.4 cm³/mol. The number of likely N-dealkylation sites (tertiary alicyclic amines) is 1. The highest BCUT2D eigenvalue weighted by Gasteiger charge is 2.39. The van der Waals surface area contributed by atoms with Crippen molar-refractivity contribution >= 4 is 0 Å². The molecule has 2 unspecified atom stereocenters. The van der Waals surface area contributed by atoms with Gasteiger partial charge in [0, 0.05) is 5.54 Å². The van der Waals surface area contributed by atoms with Gasteiger partial charge in [0.1, 0.15) is 5.82 Å². The lowest BCUT2D eigenvalue weighted by molar-refractivity contribution is 0.0871. The summed E-state index contributed by atoms with van der Waals surface area (Å²) in [6.07, 6.45) is 3.59. The molecule has 2 atom stereocenters. The Kier molecular flexibility index (Phi) is 4.82. The van der Waals surface area contributed by atoms with Gasteiger partial charge in [0.2, 0.25) is 0 Å². The van der Waals surface area contributed by atoms with Crippen LogP contribution in [0.1, 0.15) is 50.3 Å². The van der Waals surface area contributed by atoms with Gasteiger partial charge < -0.3 is 5.32 Å². The summed E-state index contributed by atoms with van der Waals surface area (Å²) < 4.78 is 13.8. The third kappa shape index (κ3) is 2.89. The van der Waals surface area contributed by atoms with E-state index >= 15 is 0 Å². The maximum Gasteiger partial charge on any atom is 0.123 e. The lowest BCUT2D eigenvalue weighted by Crippen LogP contribution is -2.52. The summed E-state index contributed by atoms with van der Waals surface area (Å²) in [5.74, 6) is -0.139. The van der Waals surface area contributed by atoms with Crippen LogP contribution in [-0.4, -0.2) is 30.6 Å². The number of likely N-dealkylation sites (N-methyl/N-ethyl adjacent to an activating group) is 1. The molecule has 2 rings (SSSR count). The van der Waals surface area contributed by atoms with E-state index in [9.17, 15) is 4.39 Å². The van der Waals surface area contributed by atoms with Crippen molar-refractivity contribution in [2.24, 2.45) is 0 Å². The van der Waals surface area contributed by atoms with Crippen LogP contribution in [0.5, 0.6) is 0 Å². The van der Waals surface area contributed by atoms with E-state index in [1.807, 2.05) is 14.0 Å². The zero-order valence-corrected chi connectivity index (χ0v) is 13.2. The van der Waals surface area contributed by atoms with Crippen LogP contribution in [0.3, 0.4) is 0 Å². The van der Waals surface area contributed by atoms with Gasteiger partial charge in [-0.15, -0.1) is 0 Å². The van der Waals surface area contributed by atoms with E-state index in [-0.39, 0.29) is 17.4 Å². The number of nitrogens with one attached hydrogen (secondary N) is 1. The quantitative estimate of drug-likeness (QED) is 0.884. The molecule has 2 nitrogen and oxygen atoms in total. The summed E-state index contributed by atoms with van der Waals surface area (Å²) >= 11 is 0. The molecular formula is C17H27FN2. The first-order chi connectivity index (χ1) is 9.51. The number of hydrogen-bond acceptors (Lipinski definition) is 2. The van der Waals surface area contributed by atoms with E-state index in [4.69, 9.17) is 0 Å². The second-order valence-corrected chi connectivity index (χ2v) is 6.19. The molecule has 1 aliphatic rings. The molecule has 112 valence electrons. The normalized spacial score (nSPS) is 20.9. The topological polar surface area (TPSA) is 15.3 Å². The molecule has 3 heteroatoms. The molecule has 1 aromatic rings. The lowest BCUT2D eigenvalue weighted by atomic mass is 9.82. The van der Waals surface area contributed by atoms with E-state index < -0.39 is 0 Å². The number of rotatable bonds is 5. The number of aryl methyl sites for hydroxylation is 1. The van der Waals surface area contributed by atoms with E-state index in [1.54, 1.807) is 12.1 Å². The van der Waals surface area contributed by atoms with Crippen LogP contribution in [0, 0.1) is 12.7 Å². The van der Waals surface area contributed by atoms with Gasteiger partial charge >= 0.3 is 0 Å². The van der Waals surface area contributed by atoms with Crippen molar-refractivity contribution in [3.8, 4) is 0 Å². The van der Waals surface area contributed by atoms with Crippen molar-refractivity contribution in [1.29, 1.82) is 0 Å². The summed E-state index contributed by atoms with van der Waals surface area (Å²) in [7, 11) is 1.98. The van der Waals surface area contributed by atoms with Crippen LogP contribution in [0.25, 0.3) is 0 Å². The van der Waals surface area contributed by atoms with Gasteiger partial charge in [-0.05, 0) is 76.5 Å². The number of hydrogen-bond donors (Lipinski definition) is 1. The Balaban J connectivity index is 2.37. The number of nitrogens with zero attached hydrogens (tertiary/aromatic N) is 1. The average Bonchev–Trinajstić information content (AvgIpc) is 2.92. The van der Waals surface area contributed by atoms with Crippen LogP contribution in [0.15, 0.2) is 18.2 Å². The molecule has 0 aliphatic carbocycles. The largest absolute Gasteiger partial charge is 0.311 e. The van der Waals surface area contributed by atoms with Crippen LogP contribution in [0.2, 0.25) is 0 Å². The second-order valence-electron chi connectivity index (χ2n) is 6.19. The van der Waals surface area contributed by atoms with Gasteiger partial charge in [0.25, 0.3) is 0 Å². The molecule has 0 aromatic heterocycles. The fourth-order valence-electron chi connectivity index (χ4n) is 3.61. The summed E-state index contributed by atoms with van der Waals surface area (Å²) in [6, 6.07) is 5.53. The van der Waals surface area contributed by atoms with E-state index in [0.717, 1.165) is 30.6 Å². The smallest absolute Gasteiger partial charge is 0.123 e. The molecule has 0 bridgehead atoms. The standard InChI is InChI=1S/C17H27FN2/c1-5-17(3,20-8-6-7-9-20)16(19-4)14-10-13(2)11-15(18)12-14/h10-12,16,19H,5-9H2,1-4H3. The summed E-state index contributed by atoms with van der Waals surface area (Å²) in [5.41, 5.74) is 2.08. The van der Waals surface area contributed by atoms with Crippen LogP contribution in [0.4, 0.5) is 4.39 Å². The molecule has 1 heterocycles. The molecule has 1 saturated heterocycles. The Morgan fingerprint density at radius 3 is 2.45 bits per heavy atom. The Morgan fingerprint density at radius 1 is 1.30 bits per heavy atom. The van der Waals surface area contributed by atoms with E-state index in [1.165, 1.54) is 12.8 Å². The van der Waals surface area contributed by atoms with Gasteiger partial charge in [0.15, 0.2) is 0 Å². The third-order valence-corrected chi connectivity index (χ3v) is 4.85. The molecule has 0 saturated carbocycles. The van der Waals surface area contributed by atoms with Gasteiger partial charge in [-0.3, -0.25) is 4.90 Å². The third-order valence-electron chi connectivity index (χ3n) is 4.85. The molecule has 1 aliphatic heterocycles. The van der Waals surface area contributed by atoms with Gasteiger partial charge in [-0.2, -0.15) is 0 Å². The van der Waals surface area contributed by atoms with Crippen LogP contribution < -0.4 is 5.32 Å². The Labute approximate surface area is 122 Å². The van der Waals surface area contributed by atoms with Crippen LogP contribution in [-0.2, 0) is 0 Å². The van der Waals surface area contributed by atoms with Crippen molar-refractivity contribution in [2.75, 3.05) is 20.1 Å². The average molecular weight is 278 g/mol. The molecule has 20 heavy (non-hydrogen) atoms. The summed E-state index contributed by atoms with van der Waals surface area (Å²) in [4.78, 5) is 2.56. The van der Waals surface area contributed by atoms with E-state index in [2.05, 4.69) is 30.1 Å². The molecule has 1 N–H and O–H groups in total. The summed E-state index contributed by atoms with van der Waals surface area (Å²) in [5, 5.41) is 3.43. The molecule has 0 amide bonds. The fourth-order valence-corrected chi connectivity index (χ4v) is 3.61. The van der Waals surface area contributed by atoms with Crippen molar-refractivity contribution in [1.82, 2.24) is 10.2 Å². The highest BCUT2D eigenvalue weighted by molar-refractivity contribution is 5.29. The zero-order valence-electron chi connectivity index (χ0n) is 13.2. The SMILES string of the molecule is CCC(C)(C(NC)c1cc(C)cc(F)c1)N1CCCC1. The van der Waals surface area contributed by atoms with Crippen molar-refractivity contribution in [3.05, 3.63) is 35.1 Å². The van der Waals surface area contributed by atoms with Crippen molar-refractivity contribution in [3.63, 3.8) is 0 Å². The van der Waals surface area contributed by atoms with Crippen molar-refractivity contribution in [2.45, 2.75) is 51.6 Å². The minimum absolute atomic E-state index is 0.0332. The first kappa shape index (κ1) is 15.5. The van der Waals surface area contributed by atoms with Gasteiger partial charge in [-0.1, -0.05) is 13.0 Å². The summed E-state index contributed by atoms with van der Waals surface area (Å²) in [6.45, 7) is 8.79. The number of benzene rings is 1. The second kappa shape index (κ2) is 6.23. The van der Waals surface area contributed by atoms with Crippen LogP contribution >= 0.6 is 0 Å². The molecule has 1 aromatic carbocycles. The Morgan fingerprint density at radius 2 is 1.95 bits per heavy atom. The molecular weight excluding hydrogens is 251 g/mol. The first-order valence-corrected chi connectivity index (χ1v) is 7.70. The molecule has 0 spiro atoms. The molecule has 0 radical (unpaired) electrons. The Hall–Kier alpha value is -0.930. The van der Waals surface area contributed by atoms with Crippen molar-refractivity contribution < 1.29 is 4.39 Å². The molecule has 1 fully saturated rings. The van der Waals surface area contributed by atoms with Gasteiger partial charge in [0.05, 0.1) is 6.04 Å². The fraction of sp³-hybridized carbons (Fsp3) is 0.647. The maximum atomic E-state index is 13.8. The predicted octanol–water partition coefficient (Wildman–Crippen LogP) is 3.66. The zero-order chi connectivity index (χ0) is 14.8. The van der Waals surface area contributed by atoms with E-state index in [0.29, 0.717) is 0 Å². The minimum atomic E-state index is -0.139. The maximum absolute atomic E-state index is 13.8. The lowest BCUT2D eigenvalue weighted by Gasteiger charge is -2.44. The number of halogens is 1. The highest BCUT2D eigenvalue weighted by atomic mass is 19.1. The Bertz CT molecular complexity index is 434. The monoisotopic (exact) mass is 278 g/mol. The first-order valence-electron chi connectivity index (χ1n) is 7.70. The highest BCUT2D eigenvalue weighted by Crippen LogP contribution is 2.36. The minimum Gasteiger partial charge on any atom is -0.311 e.